The fourth-order valence-corrected chi connectivity index (χ4v) is 8.30. The summed E-state index contributed by atoms with van der Waals surface area (Å²) in [5, 5.41) is 6.91. The Kier molecular flexibility index (Phi) is 7.17. The maximum absolute atomic E-state index is 6.59. The Hall–Kier alpha value is -7.36. The summed E-state index contributed by atoms with van der Waals surface area (Å²) in [4.78, 5) is 2.35. The van der Waals surface area contributed by atoms with Crippen molar-refractivity contribution in [3.8, 4) is 33.4 Å². The quantitative estimate of drug-likeness (QED) is 0.173. The fourth-order valence-electron chi connectivity index (χ4n) is 8.30. The summed E-state index contributed by atoms with van der Waals surface area (Å²) < 4.78 is 13.1. The van der Waals surface area contributed by atoms with Gasteiger partial charge in [0.25, 0.3) is 0 Å². The summed E-state index contributed by atoms with van der Waals surface area (Å²) in [6, 6.07) is 71.0. The lowest BCUT2D eigenvalue weighted by Gasteiger charge is -2.28. The van der Waals surface area contributed by atoms with Crippen molar-refractivity contribution in [3.05, 3.63) is 200 Å². The zero-order valence-corrected chi connectivity index (χ0v) is 29.8. The first-order chi connectivity index (χ1) is 27.3. The van der Waals surface area contributed by atoms with Gasteiger partial charge in [-0.3, -0.25) is 0 Å². The highest BCUT2D eigenvalue weighted by molar-refractivity contribution is 6.11. The van der Waals surface area contributed by atoms with Crippen LogP contribution in [-0.4, -0.2) is 0 Å². The molecule has 258 valence electrons. The Morgan fingerprint density at radius 2 is 0.873 bits per heavy atom. The summed E-state index contributed by atoms with van der Waals surface area (Å²) in [5.41, 5.74) is 13.4. The zero-order valence-electron chi connectivity index (χ0n) is 29.8. The van der Waals surface area contributed by atoms with Crippen LogP contribution in [0.15, 0.2) is 209 Å². The molecule has 3 nitrogen and oxygen atoms in total. The Labute approximate surface area is 317 Å². The van der Waals surface area contributed by atoms with Crippen molar-refractivity contribution in [2.45, 2.75) is 0 Å². The Bertz CT molecular complexity index is 3230. The third kappa shape index (κ3) is 5.20. The first-order valence-electron chi connectivity index (χ1n) is 18.7. The van der Waals surface area contributed by atoms with E-state index in [0.717, 1.165) is 83.2 Å². The summed E-state index contributed by atoms with van der Waals surface area (Å²) >= 11 is 0. The maximum atomic E-state index is 6.59. The van der Waals surface area contributed by atoms with E-state index in [0.29, 0.717) is 0 Å². The van der Waals surface area contributed by atoms with Crippen LogP contribution >= 0.6 is 0 Å². The van der Waals surface area contributed by atoms with Gasteiger partial charge < -0.3 is 13.7 Å². The van der Waals surface area contributed by atoms with E-state index in [1.165, 1.54) is 21.9 Å². The van der Waals surface area contributed by atoms with Crippen molar-refractivity contribution < 1.29 is 8.83 Å². The molecule has 0 spiro atoms. The van der Waals surface area contributed by atoms with Gasteiger partial charge in [0.1, 0.15) is 22.3 Å². The number of rotatable bonds is 6. The molecule has 0 atom stereocenters. The van der Waals surface area contributed by atoms with E-state index < -0.39 is 0 Å². The van der Waals surface area contributed by atoms with Crippen LogP contribution in [-0.2, 0) is 0 Å². The molecule has 0 N–H and O–H groups in total. The van der Waals surface area contributed by atoms with Crippen LogP contribution < -0.4 is 4.90 Å². The normalized spacial score (nSPS) is 11.6. The van der Waals surface area contributed by atoms with Gasteiger partial charge in [-0.1, -0.05) is 146 Å². The monoisotopic (exact) mass is 703 g/mol. The molecule has 2 aromatic heterocycles. The molecular weight excluding hydrogens is 671 g/mol. The molecular formula is C52H33NO2. The van der Waals surface area contributed by atoms with Crippen LogP contribution in [0.3, 0.4) is 0 Å². The van der Waals surface area contributed by atoms with Crippen LogP contribution in [0, 0.1) is 0 Å². The second kappa shape index (κ2) is 12.6. The second-order valence-electron chi connectivity index (χ2n) is 14.1. The molecule has 11 aromatic rings. The van der Waals surface area contributed by atoms with Gasteiger partial charge in [0.05, 0.1) is 5.69 Å². The van der Waals surface area contributed by atoms with Gasteiger partial charge in [-0.05, 0) is 81.6 Å². The molecule has 0 saturated heterocycles. The minimum Gasteiger partial charge on any atom is -0.456 e. The number of hydrogen-bond acceptors (Lipinski definition) is 3. The van der Waals surface area contributed by atoms with Gasteiger partial charge in [0.15, 0.2) is 0 Å². The highest BCUT2D eigenvalue weighted by atomic mass is 16.3. The van der Waals surface area contributed by atoms with Gasteiger partial charge in [-0.25, -0.2) is 0 Å². The zero-order chi connectivity index (χ0) is 36.3. The lowest BCUT2D eigenvalue weighted by Crippen LogP contribution is -2.11. The van der Waals surface area contributed by atoms with E-state index in [1.54, 1.807) is 0 Å². The molecule has 0 aliphatic rings. The number of para-hydroxylation sites is 4. The van der Waals surface area contributed by atoms with Gasteiger partial charge in [-0.15, -0.1) is 0 Å². The molecule has 3 heteroatoms. The molecule has 0 amide bonds. The summed E-state index contributed by atoms with van der Waals surface area (Å²) in [5.74, 6) is 0. The number of hydrogen-bond donors (Lipinski definition) is 0. The topological polar surface area (TPSA) is 29.5 Å². The molecule has 11 rings (SSSR count). The Morgan fingerprint density at radius 3 is 1.76 bits per heavy atom. The molecule has 2 heterocycles. The summed E-state index contributed by atoms with van der Waals surface area (Å²) in [6.45, 7) is 0. The molecule has 9 aromatic carbocycles. The highest BCUT2D eigenvalue weighted by Gasteiger charge is 2.22. The van der Waals surface area contributed by atoms with Crippen LogP contribution in [0.4, 0.5) is 17.1 Å². The smallest absolute Gasteiger partial charge is 0.143 e. The predicted molar refractivity (Wildman–Crippen MR) is 229 cm³/mol. The average Bonchev–Trinajstić information content (AvgIpc) is 3.82. The van der Waals surface area contributed by atoms with Crippen LogP contribution in [0.5, 0.6) is 0 Å². The fraction of sp³-hybridized carbons (Fsp3) is 0. The van der Waals surface area contributed by atoms with E-state index >= 15 is 0 Å². The summed E-state index contributed by atoms with van der Waals surface area (Å²) in [6.07, 6.45) is 0. The second-order valence-corrected chi connectivity index (χ2v) is 14.1. The number of anilines is 3. The van der Waals surface area contributed by atoms with E-state index in [9.17, 15) is 0 Å². The minimum atomic E-state index is 0.847. The van der Waals surface area contributed by atoms with Crippen LogP contribution in [0.25, 0.3) is 88.0 Å². The lowest BCUT2D eigenvalue weighted by atomic mass is 9.95. The minimum absolute atomic E-state index is 0.847. The van der Waals surface area contributed by atoms with E-state index in [4.69, 9.17) is 8.83 Å². The van der Waals surface area contributed by atoms with Crippen molar-refractivity contribution >= 4 is 71.7 Å². The number of fused-ring (bicyclic) bond motifs is 7. The van der Waals surface area contributed by atoms with Crippen molar-refractivity contribution in [2.75, 3.05) is 4.90 Å². The molecule has 0 aliphatic heterocycles. The molecule has 0 fully saturated rings. The average molecular weight is 704 g/mol. The molecule has 55 heavy (non-hydrogen) atoms. The van der Waals surface area contributed by atoms with Crippen molar-refractivity contribution in [3.63, 3.8) is 0 Å². The SMILES string of the molecule is c1cc(-c2cccc(N(c3ccc4c(c3)oc3ccccc34)c3ccccc3-c3cccc4c3oc3ccccc34)c2)cc(-c2cccc3ccccc23)c1. The van der Waals surface area contributed by atoms with Crippen LogP contribution in [0.1, 0.15) is 0 Å². The molecule has 0 bridgehead atoms. The van der Waals surface area contributed by atoms with Crippen LogP contribution in [0.2, 0.25) is 0 Å². The number of nitrogens with zero attached hydrogens (tertiary/aromatic N) is 1. The Balaban J connectivity index is 1.11. The third-order valence-corrected chi connectivity index (χ3v) is 10.9. The molecule has 0 radical (unpaired) electrons. The van der Waals surface area contributed by atoms with Gasteiger partial charge >= 0.3 is 0 Å². The molecule has 0 unspecified atom stereocenters. The molecule has 0 aliphatic carbocycles. The number of furan rings is 2. The largest absolute Gasteiger partial charge is 0.456 e. The van der Waals surface area contributed by atoms with Gasteiger partial charge in [-0.2, -0.15) is 0 Å². The van der Waals surface area contributed by atoms with Gasteiger partial charge in [0.2, 0.25) is 0 Å². The lowest BCUT2D eigenvalue weighted by molar-refractivity contribution is 0.669. The maximum Gasteiger partial charge on any atom is 0.143 e. The Morgan fingerprint density at radius 1 is 0.309 bits per heavy atom. The van der Waals surface area contributed by atoms with Crippen molar-refractivity contribution in [1.82, 2.24) is 0 Å². The first-order valence-corrected chi connectivity index (χ1v) is 18.7. The van der Waals surface area contributed by atoms with Gasteiger partial charge in [0, 0.05) is 50.1 Å². The van der Waals surface area contributed by atoms with E-state index in [2.05, 4.69) is 181 Å². The predicted octanol–water partition coefficient (Wildman–Crippen LogP) is 15.1. The summed E-state index contributed by atoms with van der Waals surface area (Å²) in [7, 11) is 0. The van der Waals surface area contributed by atoms with E-state index in [-0.39, 0.29) is 0 Å². The third-order valence-electron chi connectivity index (χ3n) is 10.9. The van der Waals surface area contributed by atoms with Crippen molar-refractivity contribution in [2.24, 2.45) is 0 Å². The van der Waals surface area contributed by atoms with E-state index in [1.807, 2.05) is 24.3 Å². The van der Waals surface area contributed by atoms with Crippen molar-refractivity contribution in [1.29, 1.82) is 0 Å². The standard InChI is InChI=1S/C52H33NO2/c1-2-19-40-34(13-1)14-11-23-41(40)37-17-9-15-35(31-37)36-16-10-18-38(32-36)53(39-29-30-45-43-21-4-7-27-49(43)54-51(45)33-39)48-26-6-3-20-42(48)46-24-12-25-47-44-22-5-8-28-50(44)55-52(46)47/h1-33H. The number of benzene rings is 9. The molecule has 0 saturated carbocycles. The highest BCUT2D eigenvalue weighted by Crippen LogP contribution is 2.46. The first kappa shape index (κ1) is 31.2.